The van der Waals surface area contributed by atoms with Crippen LogP contribution in [-0.2, 0) is 0 Å². The highest BCUT2D eigenvalue weighted by Gasteiger charge is 2.23. The Bertz CT molecular complexity index is 3540. The van der Waals surface area contributed by atoms with Crippen LogP contribution in [0.2, 0.25) is 0 Å². The molecule has 0 aliphatic carbocycles. The first-order chi connectivity index (χ1) is 30.7. The van der Waals surface area contributed by atoms with E-state index in [0.29, 0.717) is 0 Å². The molecule has 0 saturated heterocycles. The number of fused-ring (bicyclic) bond motifs is 7. The summed E-state index contributed by atoms with van der Waals surface area (Å²) in [5, 5.41) is 9.46. The number of allylic oxidation sites excluding steroid dienone is 3. The predicted molar refractivity (Wildman–Crippen MR) is 265 cm³/mol. The fourth-order valence-electron chi connectivity index (χ4n) is 9.14. The topological polar surface area (TPSA) is 16.4 Å². The third-order valence-corrected chi connectivity index (χ3v) is 12.0. The number of rotatable bonds is 9. The maximum atomic E-state index is 6.61. The van der Waals surface area contributed by atoms with E-state index in [0.717, 1.165) is 77.8 Å². The number of hydrogen-bond acceptors (Lipinski definition) is 2. The van der Waals surface area contributed by atoms with E-state index in [-0.39, 0.29) is 0 Å². The predicted octanol–water partition coefficient (Wildman–Crippen LogP) is 17.0. The first kappa shape index (κ1) is 36.8. The average molecular weight is 792 g/mol. The molecule has 11 rings (SSSR count). The minimum atomic E-state index is 0.858. The lowest BCUT2D eigenvalue weighted by Crippen LogP contribution is -2.17. The van der Waals surface area contributed by atoms with Crippen molar-refractivity contribution in [2.24, 2.45) is 0 Å². The standard InChI is InChI=1S/C60H41NO/c1-2-48(27-17-26-47-37-46-25-11-12-28-49(46)51-30-14-13-29-50(47)51)61(57-36-35-45(41-19-5-3-6-20-41)38-54(57)42-21-7-4-8-22-42)56-33-16-15-31-52(56)53-32-18-34-58-60(53)55-39-43-23-9-10-24-44(43)40-59(55)62-58/h2-40H,1H2/b26-17+,48-27+. The monoisotopic (exact) mass is 791 g/mol. The number of hydrogen-bond donors (Lipinski definition) is 0. The smallest absolute Gasteiger partial charge is 0.136 e. The van der Waals surface area contributed by atoms with Gasteiger partial charge >= 0.3 is 0 Å². The Balaban J connectivity index is 1.15. The summed E-state index contributed by atoms with van der Waals surface area (Å²) in [4.78, 5) is 2.37. The molecule has 0 aliphatic rings. The van der Waals surface area contributed by atoms with Crippen molar-refractivity contribution in [3.05, 3.63) is 248 Å². The van der Waals surface area contributed by atoms with Gasteiger partial charge in [-0.15, -0.1) is 0 Å². The lowest BCUT2D eigenvalue weighted by molar-refractivity contribution is 0.669. The van der Waals surface area contributed by atoms with E-state index in [1.807, 2.05) is 6.08 Å². The highest BCUT2D eigenvalue weighted by atomic mass is 16.3. The van der Waals surface area contributed by atoms with Gasteiger partial charge in [0, 0.05) is 27.6 Å². The summed E-state index contributed by atoms with van der Waals surface area (Å²) >= 11 is 0. The van der Waals surface area contributed by atoms with E-state index in [1.165, 1.54) is 32.5 Å². The van der Waals surface area contributed by atoms with Crippen molar-refractivity contribution in [2.75, 3.05) is 4.90 Å². The van der Waals surface area contributed by atoms with Crippen LogP contribution in [0.4, 0.5) is 11.4 Å². The molecular formula is C60H41NO. The molecule has 10 aromatic carbocycles. The Morgan fingerprint density at radius 1 is 0.419 bits per heavy atom. The largest absolute Gasteiger partial charge is 0.456 e. The minimum Gasteiger partial charge on any atom is -0.456 e. The van der Waals surface area contributed by atoms with Crippen LogP contribution < -0.4 is 4.90 Å². The second-order valence-electron chi connectivity index (χ2n) is 15.7. The highest BCUT2D eigenvalue weighted by molar-refractivity contribution is 6.17. The molecule has 0 aliphatic heterocycles. The van der Waals surface area contributed by atoms with Crippen LogP contribution in [0.5, 0.6) is 0 Å². The molecule has 1 aromatic heterocycles. The average Bonchev–Trinajstić information content (AvgIpc) is 3.71. The highest BCUT2D eigenvalue weighted by Crippen LogP contribution is 2.47. The Hall–Kier alpha value is -8.20. The fraction of sp³-hybridized carbons (Fsp3) is 0. The van der Waals surface area contributed by atoms with E-state index >= 15 is 0 Å². The minimum absolute atomic E-state index is 0.858. The molecule has 0 unspecified atom stereocenters. The van der Waals surface area contributed by atoms with Crippen molar-refractivity contribution >= 4 is 71.7 Å². The molecule has 292 valence electrons. The number of para-hydroxylation sites is 1. The molecule has 0 atom stereocenters. The maximum absolute atomic E-state index is 6.61. The van der Waals surface area contributed by atoms with Crippen molar-refractivity contribution in [3.8, 4) is 33.4 Å². The summed E-state index contributed by atoms with van der Waals surface area (Å²) in [7, 11) is 0. The second kappa shape index (κ2) is 15.8. The van der Waals surface area contributed by atoms with Crippen LogP contribution >= 0.6 is 0 Å². The molecular weight excluding hydrogens is 751 g/mol. The second-order valence-corrected chi connectivity index (χ2v) is 15.7. The van der Waals surface area contributed by atoms with Crippen LogP contribution in [0, 0.1) is 0 Å². The van der Waals surface area contributed by atoms with Crippen LogP contribution in [0.25, 0.3) is 93.7 Å². The molecule has 0 amide bonds. The van der Waals surface area contributed by atoms with E-state index in [2.05, 4.69) is 242 Å². The third-order valence-electron chi connectivity index (χ3n) is 12.0. The molecule has 0 saturated carbocycles. The summed E-state index contributed by atoms with van der Waals surface area (Å²) in [5.74, 6) is 0. The SMILES string of the molecule is C=C/C(=C\C=C\c1cc2ccccc2c2ccccc12)N(c1ccc(-c2ccccc2)cc1-c1ccccc1)c1ccccc1-c1cccc2oc3cc4ccccc4cc3c12. The van der Waals surface area contributed by atoms with Crippen molar-refractivity contribution < 1.29 is 4.42 Å². The molecule has 0 N–H and O–H groups in total. The van der Waals surface area contributed by atoms with Gasteiger partial charge in [0.05, 0.1) is 11.4 Å². The van der Waals surface area contributed by atoms with E-state index in [1.54, 1.807) is 0 Å². The molecule has 2 heteroatoms. The van der Waals surface area contributed by atoms with Crippen LogP contribution in [0.15, 0.2) is 247 Å². The van der Waals surface area contributed by atoms with Gasteiger partial charge in [-0.3, -0.25) is 0 Å². The molecule has 2 nitrogen and oxygen atoms in total. The van der Waals surface area contributed by atoms with Crippen LogP contribution in [0.3, 0.4) is 0 Å². The van der Waals surface area contributed by atoms with Gasteiger partial charge in [-0.2, -0.15) is 0 Å². The zero-order valence-corrected chi connectivity index (χ0v) is 34.1. The quantitative estimate of drug-likeness (QED) is 0.107. The molecule has 0 radical (unpaired) electrons. The number of anilines is 2. The van der Waals surface area contributed by atoms with Gasteiger partial charge in [-0.1, -0.05) is 189 Å². The molecule has 11 aromatic rings. The summed E-state index contributed by atoms with van der Waals surface area (Å²) in [6.45, 7) is 4.47. The molecule has 1 heterocycles. The van der Waals surface area contributed by atoms with Gasteiger partial charge in [-0.25, -0.2) is 0 Å². The normalized spacial score (nSPS) is 12.0. The molecule has 0 bridgehead atoms. The Morgan fingerprint density at radius 2 is 1.05 bits per heavy atom. The van der Waals surface area contributed by atoms with Crippen LogP contribution in [0.1, 0.15) is 5.56 Å². The van der Waals surface area contributed by atoms with Gasteiger partial charge in [0.25, 0.3) is 0 Å². The summed E-state index contributed by atoms with van der Waals surface area (Å²) in [6.07, 6.45) is 8.55. The molecule has 0 fully saturated rings. The number of benzene rings is 10. The lowest BCUT2D eigenvalue weighted by atomic mass is 9.94. The lowest BCUT2D eigenvalue weighted by Gasteiger charge is -2.31. The summed E-state index contributed by atoms with van der Waals surface area (Å²) in [6, 6.07) is 75.8. The fourth-order valence-corrected chi connectivity index (χ4v) is 9.14. The molecule has 0 spiro atoms. The maximum Gasteiger partial charge on any atom is 0.136 e. The summed E-state index contributed by atoms with van der Waals surface area (Å²) < 4.78 is 6.61. The van der Waals surface area contributed by atoms with Gasteiger partial charge in [-0.05, 0) is 115 Å². The summed E-state index contributed by atoms with van der Waals surface area (Å²) in [5.41, 5.74) is 12.6. The van der Waals surface area contributed by atoms with Gasteiger partial charge in [0.15, 0.2) is 0 Å². The Labute approximate surface area is 361 Å². The Morgan fingerprint density at radius 3 is 1.84 bits per heavy atom. The van der Waals surface area contributed by atoms with Gasteiger partial charge < -0.3 is 9.32 Å². The number of furan rings is 1. The number of nitrogens with zero attached hydrogens (tertiary/aromatic N) is 1. The van der Waals surface area contributed by atoms with E-state index in [9.17, 15) is 0 Å². The van der Waals surface area contributed by atoms with Crippen molar-refractivity contribution in [1.82, 2.24) is 0 Å². The van der Waals surface area contributed by atoms with Gasteiger partial charge in [0.1, 0.15) is 11.2 Å². The van der Waals surface area contributed by atoms with E-state index < -0.39 is 0 Å². The zero-order chi connectivity index (χ0) is 41.4. The first-order valence-electron chi connectivity index (χ1n) is 21.1. The Kier molecular flexibility index (Phi) is 9.37. The van der Waals surface area contributed by atoms with Crippen molar-refractivity contribution in [3.63, 3.8) is 0 Å². The zero-order valence-electron chi connectivity index (χ0n) is 34.1. The van der Waals surface area contributed by atoms with Crippen molar-refractivity contribution in [2.45, 2.75) is 0 Å². The first-order valence-corrected chi connectivity index (χ1v) is 21.1. The van der Waals surface area contributed by atoms with Crippen molar-refractivity contribution in [1.29, 1.82) is 0 Å². The van der Waals surface area contributed by atoms with Gasteiger partial charge in [0.2, 0.25) is 0 Å². The van der Waals surface area contributed by atoms with Crippen LogP contribution in [-0.4, -0.2) is 0 Å². The molecule has 62 heavy (non-hydrogen) atoms. The van der Waals surface area contributed by atoms with E-state index in [4.69, 9.17) is 4.42 Å². The third kappa shape index (κ3) is 6.56.